The van der Waals surface area contributed by atoms with Gasteiger partial charge in [0.15, 0.2) is 5.82 Å². The van der Waals surface area contributed by atoms with Crippen LogP contribution in [0.4, 0.5) is 0 Å². The van der Waals surface area contributed by atoms with Crippen molar-refractivity contribution in [3.63, 3.8) is 0 Å². The van der Waals surface area contributed by atoms with Crippen molar-refractivity contribution in [2.75, 3.05) is 20.2 Å². The minimum absolute atomic E-state index is 0.0430. The molecule has 2 aromatic rings. The van der Waals surface area contributed by atoms with Crippen LogP contribution in [0, 0.1) is 0 Å². The quantitative estimate of drug-likeness (QED) is 0.844. The SMILES string of the molecule is CN(CC[C@@H]1CCCCO1)C(=O)c1cnc(-c2cccs2)nc1. The van der Waals surface area contributed by atoms with Crippen LogP contribution in [0.3, 0.4) is 0 Å². The third-order valence-corrected chi connectivity index (χ3v) is 4.91. The third kappa shape index (κ3) is 4.14. The molecule has 1 fully saturated rings. The van der Waals surface area contributed by atoms with E-state index in [-0.39, 0.29) is 12.0 Å². The Kier molecular flexibility index (Phi) is 5.35. The lowest BCUT2D eigenvalue weighted by Crippen LogP contribution is -2.31. The van der Waals surface area contributed by atoms with Crippen LogP contribution in [0.15, 0.2) is 29.9 Å². The zero-order chi connectivity index (χ0) is 16.1. The van der Waals surface area contributed by atoms with E-state index >= 15 is 0 Å². The maximum atomic E-state index is 12.4. The molecule has 0 radical (unpaired) electrons. The molecule has 1 atom stereocenters. The molecule has 1 aliphatic heterocycles. The Morgan fingerprint density at radius 2 is 2.22 bits per heavy atom. The van der Waals surface area contributed by atoms with Crippen LogP contribution in [-0.4, -0.2) is 47.1 Å². The summed E-state index contributed by atoms with van der Waals surface area (Å²) in [5, 5.41) is 1.98. The van der Waals surface area contributed by atoms with Crippen LogP contribution in [0.1, 0.15) is 36.0 Å². The molecule has 122 valence electrons. The number of ether oxygens (including phenoxy) is 1. The van der Waals surface area contributed by atoms with Gasteiger partial charge in [0.05, 0.1) is 16.5 Å². The lowest BCUT2D eigenvalue weighted by atomic mass is 10.1. The summed E-state index contributed by atoms with van der Waals surface area (Å²) in [6, 6.07) is 3.93. The van der Waals surface area contributed by atoms with Crippen molar-refractivity contribution in [1.82, 2.24) is 14.9 Å². The van der Waals surface area contributed by atoms with E-state index in [1.54, 1.807) is 28.6 Å². The highest BCUT2D eigenvalue weighted by molar-refractivity contribution is 7.13. The number of carbonyl (C=O) groups excluding carboxylic acids is 1. The fraction of sp³-hybridized carbons (Fsp3) is 0.471. The van der Waals surface area contributed by atoms with Crippen LogP contribution in [0.5, 0.6) is 0 Å². The maximum Gasteiger partial charge on any atom is 0.256 e. The molecule has 0 aromatic carbocycles. The van der Waals surface area contributed by atoms with Gasteiger partial charge >= 0.3 is 0 Å². The van der Waals surface area contributed by atoms with Gasteiger partial charge in [-0.3, -0.25) is 4.79 Å². The maximum absolute atomic E-state index is 12.4. The Morgan fingerprint density at radius 3 is 2.87 bits per heavy atom. The number of hydrogen-bond acceptors (Lipinski definition) is 5. The fourth-order valence-corrected chi connectivity index (χ4v) is 3.34. The molecule has 0 spiro atoms. The Balaban J connectivity index is 1.56. The Hall–Kier alpha value is -1.79. The first kappa shape index (κ1) is 16.1. The van der Waals surface area contributed by atoms with E-state index in [1.165, 1.54) is 6.42 Å². The summed E-state index contributed by atoms with van der Waals surface area (Å²) in [5.41, 5.74) is 0.525. The molecule has 0 bridgehead atoms. The van der Waals surface area contributed by atoms with Crippen LogP contribution < -0.4 is 0 Å². The Labute approximate surface area is 140 Å². The molecule has 1 saturated heterocycles. The normalized spacial score (nSPS) is 17.9. The van der Waals surface area contributed by atoms with E-state index in [9.17, 15) is 4.79 Å². The van der Waals surface area contributed by atoms with E-state index in [1.807, 2.05) is 24.6 Å². The van der Waals surface area contributed by atoms with Crippen LogP contribution in [0.2, 0.25) is 0 Å². The predicted octanol–water partition coefficient (Wildman–Crippen LogP) is 3.24. The molecule has 6 heteroatoms. The number of carbonyl (C=O) groups is 1. The summed E-state index contributed by atoms with van der Waals surface area (Å²) in [6.45, 7) is 1.54. The van der Waals surface area contributed by atoms with Gasteiger partial charge in [-0.2, -0.15) is 0 Å². The Bertz CT molecular complexity index is 622. The van der Waals surface area contributed by atoms with Crippen molar-refractivity contribution in [3.05, 3.63) is 35.5 Å². The van der Waals surface area contributed by atoms with Crippen molar-refractivity contribution in [2.24, 2.45) is 0 Å². The molecular formula is C17H21N3O2S. The number of rotatable bonds is 5. The fourth-order valence-electron chi connectivity index (χ4n) is 2.67. The van der Waals surface area contributed by atoms with E-state index in [2.05, 4.69) is 9.97 Å². The van der Waals surface area contributed by atoms with Crippen LogP contribution >= 0.6 is 11.3 Å². The van der Waals surface area contributed by atoms with Crippen molar-refractivity contribution in [1.29, 1.82) is 0 Å². The van der Waals surface area contributed by atoms with Gasteiger partial charge in [0.1, 0.15) is 0 Å². The first-order valence-electron chi connectivity index (χ1n) is 7.97. The highest BCUT2D eigenvalue weighted by atomic mass is 32.1. The van der Waals surface area contributed by atoms with Gasteiger partial charge in [-0.1, -0.05) is 6.07 Å². The second-order valence-corrected chi connectivity index (χ2v) is 6.72. The number of thiophene rings is 1. The zero-order valence-corrected chi connectivity index (χ0v) is 14.1. The largest absolute Gasteiger partial charge is 0.378 e. The summed E-state index contributed by atoms with van der Waals surface area (Å²) in [7, 11) is 1.82. The molecule has 1 aliphatic rings. The monoisotopic (exact) mass is 331 g/mol. The van der Waals surface area contributed by atoms with Gasteiger partial charge in [-0.25, -0.2) is 9.97 Å². The molecule has 2 aromatic heterocycles. The molecule has 5 nitrogen and oxygen atoms in total. The highest BCUT2D eigenvalue weighted by Gasteiger charge is 2.18. The smallest absolute Gasteiger partial charge is 0.256 e. The van der Waals surface area contributed by atoms with Gasteiger partial charge in [-0.05, 0) is 37.1 Å². The lowest BCUT2D eigenvalue weighted by molar-refractivity contribution is 0.00708. The molecule has 0 saturated carbocycles. The standard InChI is InChI=1S/C17H21N3O2S/c1-20(8-7-14-5-2-3-9-22-14)17(21)13-11-18-16(19-12-13)15-6-4-10-23-15/h4,6,10-12,14H,2-3,5,7-9H2,1H3/t14-/m0/s1. The lowest BCUT2D eigenvalue weighted by Gasteiger charge is -2.25. The van der Waals surface area contributed by atoms with Crippen molar-refractivity contribution < 1.29 is 9.53 Å². The molecule has 0 N–H and O–H groups in total. The number of nitrogens with zero attached hydrogens (tertiary/aromatic N) is 3. The van der Waals surface area contributed by atoms with Crippen molar-refractivity contribution in [3.8, 4) is 10.7 Å². The number of hydrogen-bond donors (Lipinski definition) is 0. The molecule has 1 amide bonds. The van der Waals surface area contributed by atoms with Crippen LogP contribution in [0.25, 0.3) is 10.7 Å². The van der Waals surface area contributed by atoms with Gasteiger partial charge in [0.2, 0.25) is 0 Å². The molecule has 0 unspecified atom stereocenters. The highest BCUT2D eigenvalue weighted by Crippen LogP contribution is 2.20. The van der Waals surface area contributed by atoms with E-state index in [4.69, 9.17) is 4.74 Å². The minimum Gasteiger partial charge on any atom is -0.378 e. The second-order valence-electron chi connectivity index (χ2n) is 5.78. The van der Waals surface area contributed by atoms with Gasteiger partial charge in [0, 0.05) is 32.6 Å². The zero-order valence-electron chi connectivity index (χ0n) is 13.3. The molecule has 0 aliphatic carbocycles. The predicted molar refractivity (Wildman–Crippen MR) is 90.5 cm³/mol. The average Bonchev–Trinajstić information content (AvgIpc) is 3.15. The Morgan fingerprint density at radius 1 is 1.39 bits per heavy atom. The van der Waals surface area contributed by atoms with Gasteiger partial charge in [-0.15, -0.1) is 11.3 Å². The molecular weight excluding hydrogens is 310 g/mol. The topological polar surface area (TPSA) is 55.3 Å². The summed E-state index contributed by atoms with van der Waals surface area (Å²) < 4.78 is 5.71. The number of amides is 1. The third-order valence-electron chi connectivity index (χ3n) is 4.05. The molecule has 23 heavy (non-hydrogen) atoms. The van der Waals surface area contributed by atoms with Gasteiger partial charge in [0.25, 0.3) is 5.91 Å². The average molecular weight is 331 g/mol. The first-order chi connectivity index (χ1) is 11.2. The van der Waals surface area contributed by atoms with E-state index in [0.29, 0.717) is 17.9 Å². The molecule has 3 rings (SSSR count). The van der Waals surface area contributed by atoms with Crippen LogP contribution in [-0.2, 0) is 4.74 Å². The summed E-state index contributed by atoms with van der Waals surface area (Å²) in [4.78, 5) is 23.8. The van der Waals surface area contributed by atoms with E-state index < -0.39 is 0 Å². The first-order valence-corrected chi connectivity index (χ1v) is 8.85. The molecule has 3 heterocycles. The summed E-state index contributed by atoms with van der Waals surface area (Å²) in [5.74, 6) is 0.619. The minimum atomic E-state index is -0.0430. The van der Waals surface area contributed by atoms with E-state index in [0.717, 1.165) is 30.7 Å². The summed E-state index contributed by atoms with van der Waals surface area (Å²) in [6.07, 6.45) is 7.86. The van der Waals surface area contributed by atoms with Gasteiger partial charge < -0.3 is 9.64 Å². The van der Waals surface area contributed by atoms with Crippen molar-refractivity contribution >= 4 is 17.2 Å². The number of aromatic nitrogens is 2. The second kappa shape index (κ2) is 7.66. The summed E-state index contributed by atoms with van der Waals surface area (Å²) >= 11 is 1.59. The van der Waals surface area contributed by atoms with Crippen molar-refractivity contribution in [2.45, 2.75) is 31.8 Å².